The summed E-state index contributed by atoms with van der Waals surface area (Å²) in [6, 6.07) is 21.3. The third-order valence-electron chi connectivity index (χ3n) is 6.32. The number of ketones is 1. The Kier molecular flexibility index (Phi) is 6.62. The first-order chi connectivity index (χ1) is 17.6. The van der Waals surface area contributed by atoms with Crippen molar-refractivity contribution in [3.05, 3.63) is 95.1 Å². The summed E-state index contributed by atoms with van der Waals surface area (Å²) in [7, 11) is 0. The maximum Gasteiger partial charge on any atom is 0.295 e. The second-order valence-corrected chi connectivity index (χ2v) is 8.59. The van der Waals surface area contributed by atoms with Crippen LogP contribution in [0.3, 0.4) is 0 Å². The molecule has 2 heterocycles. The van der Waals surface area contributed by atoms with Crippen LogP contribution in [-0.2, 0) is 16.0 Å². The molecular weight excluding hydrogens is 458 g/mol. The molecule has 7 heteroatoms. The molecule has 1 N–H and O–H groups in total. The van der Waals surface area contributed by atoms with E-state index < -0.39 is 17.7 Å². The maximum absolute atomic E-state index is 13.3. The summed E-state index contributed by atoms with van der Waals surface area (Å²) < 4.78 is 16.9. The molecule has 0 aromatic heterocycles. The van der Waals surface area contributed by atoms with Crippen molar-refractivity contribution in [2.75, 3.05) is 26.4 Å². The minimum absolute atomic E-state index is 0.0402. The van der Waals surface area contributed by atoms with Crippen molar-refractivity contribution in [3.63, 3.8) is 0 Å². The Morgan fingerprint density at radius 2 is 1.75 bits per heavy atom. The zero-order valence-electron chi connectivity index (χ0n) is 20.0. The van der Waals surface area contributed by atoms with E-state index in [9.17, 15) is 14.7 Å². The van der Waals surface area contributed by atoms with Crippen molar-refractivity contribution in [3.8, 4) is 17.2 Å². The molecule has 0 saturated carbocycles. The molecule has 0 unspecified atom stereocenters. The van der Waals surface area contributed by atoms with E-state index in [1.54, 1.807) is 18.2 Å². The zero-order chi connectivity index (χ0) is 25.1. The van der Waals surface area contributed by atoms with Gasteiger partial charge in [-0.3, -0.25) is 9.59 Å². The third kappa shape index (κ3) is 4.52. The standard InChI is InChI=1S/C29H27NO6/c1-2-34-22-10-6-9-20(17-22)26-25(27(31)21-11-12-23-24(18-21)36-16-15-35-23)28(32)29(33)30(26)14-13-19-7-4-3-5-8-19/h3-12,17-18,26,31H,2,13-16H2,1H3/b27-25+/t26-/m1/s1. The summed E-state index contributed by atoms with van der Waals surface area (Å²) in [5, 5.41) is 11.4. The van der Waals surface area contributed by atoms with Crippen molar-refractivity contribution >= 4 is 17.4 Å². The summed E-state index contributed by atoms with van der Waals surface area (Å²) in [4.78, 5) is 28.1. The zero-order valence-corrected chi connectivity index (χ0v) is 20.0. The lowest BCUT2D eigenvalue weighted by Gasteiger charge is -2.26. The van der Waals surface area contributed by atoms with Gasteiger partial charge < -0.3 is 24.2 Å². The summed E-state index contributed by atoms with van der Waals surface area (Å²) in [5.74, 6) is 0.0713. The predicted octanol–water partition coefficient (Wildman–Crippen LogP) is 4.52. The fourth-order valence-corrected chi connectivity index (χ4v) is 4.64. The van der Waals surface area contributed by atoms with Gasteiger partial charge in [-0.05, 0) is 54.8 Å². The van der Waals surface area contributed by atoms with Crippen LogP contribution in [0.25, 0.3) is 5.76 Å². The molecular formula is C29H27NO6. The number of hydrogen-bond donors (Lipinski definition) is 1. The largest absolute Gasteiger partial charge is 0.507 e. The number of nitrogens with zero attached hydrogens (tertiary/aromatic N) is 1. The summed E-state index contributed by atoms with van der Waals surface area (Å²) in [5.41, 5.74) is 2.16. The number of aliphatic hydroxyl groups is 1. The Morgan fingerprint density at radius 3 is 2.53 bits per heavy atom. The lowest BCUT2D eigenvalue weighted by Crippen LogP contribution is -2.31. The van der Waals surface area contributed by atoms with Gasteiger partial charge in [0, 0.05) is 12.1 Å². The van der Waals surface area contributed by atoms with E-state index in [1.807, 2.05) is 61.5 Å². The molecule has 1 saturated heterocycles. The molecule has 7 nitrogen and oxygen atoms in total. The van der Waals surface area contributed by atoms with E-state index >= 15 is 0 Å². The van der Waals surface area contributed by atoms with Gasteiger partial charge in [0.05, 0.1) is 18.2 Å². The highest BCUT2D eigenvalue weighted by atomic mass is 16.6. The van der Waals surface area contributed by atoms with Gasteiger partial charge in [0.25, 0.3) is 11.7 Å². The Balaban J connectivity index is 1.58. The Labute approximate surface area is 209 Å². The molecule has 36 heavy (non-hydrogen) atoms. The smallest absolute Gasteiger partial charge is 0.295 e. The number of likely N-dealkylation sites (tertiary alicyclic amines) is 1. The lowest BCUT2D eigenvalue weighted by molar-refractivity contribution is -0.139. The normalized spacial score (nSPS) is 18.4. The van der Waals surface area contributed by atoms with Gasteiger partial charge in [-0.2, -0.15) is 0 Å². The van der Waals surface area contributed by atoms with E-state index in [0.29, 0.717) is 61.2 Å². The number of Topliss-reactive ketones (excluding diaryl/α,β-unsaturated/α-hetero) is 1. The number of benzene rings is 3. The molecule has 2 aliphatic rings. The minimum atomic E-state index is -0.762. The quantitative estimate of drug-likeness (QED) is 0.301. The summed E-state index contributed by atoms with van der Waals surface area (Å²) >= 11 is 0. The molecule has 3 aromatic rings. The van der Waals surface area contributed by atoms with Crippen LogP contribution < -0.4 is 14.2 Å². The molecule has 0 radical (unpaired) electrons. The van der Waals surface area contributed by atoms with Crippen LogP contribution in [0.15, 0.2) is 78.4 Å². The summed E-state index contributed by atoms with van der Waals surface area (Å²) in [6.45, 7) is 3.53. The maximum atomic E-state index is 13.3. The van der Waals surface area contributed by atoms with Crippen molar-refractivity contribution in [1.82, 2.24) is 4.90 Å². The van der Waals surface area contributed by atoms with E-state index in [4.69, 9.17) is 14.2 Å². The molecule has 1 fully saturated rings. The van der Waals surface area contributed by atoms with Crippen LogP contribution in [0, 0.1) is 0 Å². The van der Waals surface area contributed by atoms with Crippen molar-refractivity contribution in [1.29, 1.82) is 0 Å². The second-order valence-electron chi connectivity index (χ2n) is 8.59. The van der Waals surface area contributed by atoms with Crippen LogP contribution in [0.5, 0.6) is 17.2 Å². The molecule has 0 bridgehead atoms. The molecule has 184 valence electrons. The van der Waals surface area contributed by atoms with E-state index in [1.165, 1.54) is 4.90 Å². The van der Waals surface area contributed by atoms with Crippen LogP contribution in [0.4, 0.5) is 0 Å². The first-order valence-corrected chi connectivity index (χ1v) is 12.0. The number of rotatable bonds is 7. The molecule has 2 aliphatic heterocycles. The van der Waals surface area contributed by atoms with Crippen molar-refractivity contribution in [2.45, 2.75) is 19.4 Å². The fourth-order valence-electron chi connectivity index (χ4n) is 4.64. The minimum Gasteiger partial charge on any atom is -0.507 e. The Morgan fingerprint density at radius 1 is 0.972 bits per heavy atom. The van der Waals surface area contributed by atoms with Gasteiger partial charge in [0.1, 0.15) is 24.7 Å². The lowest BCUT2D eigenvalue weighted by atomic mass is 9.95. The second kappa shape index (κ2) is 10.2. The number of carbonyl (C=O) groups is 2. The Bertz CT molecular complexity index is 1320. The van der Waals surface area contributed by atoms with Crippen LogP contribution >= 0.6 is 0 Å². The number of carbonyl (C=O) groups excluding carboxylic acids is 2. The Hall–Kier alpha value is -4.26. The molecule has 0 spiro atoms. The van der Waals surface area contributed by atoms with Gasteiger partial charge >= 0.3 is 0 Å². The average molecular weight is 486 g/mol. The van der Waals surface area contributed by atoms with Crippen molar-refractivity contribution < 1.29 is 28.9 Å². The van der Waals surface area contributed by atoms with E-state index in [0.717, 1.165) is 5.56 Å². The van der Waals surface area contributed by atoms with Crippen LogP contribution in [0.1, 0.15) is 29.7 Å². The van der Waals surface area contributed by atoms with Gasteiger partial charge in [-0.15, -0.1) is 0 Å². The highest BCUT2D eigenvalue weighted by Gasteiger charge is 2.46. The summed E-state index contributed by atoms with van der Waals surface area (Å²) in [6.07, 6.45) is 0.569. The van der Waals surface area contributed by atoms with Gasteiger partial charge in [0.15, 0.2) is 11.5 Å². The number of fused-ring (bicyclic) bond motifs is 1. The van der Waals surface area contributed by atoms with Crippen LogP contribution in [-0.4, -0.2) is 48.1 Å². The number of hydrogen-bond acceptors (Lipinski definition) is 6. The molecule has 1 amide bonds. The monoisotopic (exact) mass is 485 g/mol. The average Bonchev–Trinajstić information content (AvgIpc) is 3.17. The SMILES string of the molecule is CCOc1cccc([C@@H]2/C(=C(\O)c3ccc4c(c3)OCCO4)C(=O)C(=O)N2CCc2ccccc2)c1. The predicted molar refractivity (Wildman–Crippen MR) is 134 cm³/mol. The first-order valence-electron chi connectivity index (χ1n) is 12.0. The van der Waals surface area contributed by atoms with Gasteiger partial charge in [0.2, 0.25) is 0 Å². The van der Waals surface area contributed by atoms with Gasteiger partial charge in [-0.25, -0.2) is 0 Å². The highest BCUT2D eigenvalue weighted by Crippen LogP contribution is 2.41. The molecule has 1 atom stereocenters. The topological polar surface area (TPSA) is 85.3 Å². The highest BCUT2D eigenvalue weighted by molar-refractivity contribution is 6.46. The number of aliphatic hydroxyl groups excluding tert-OH is 1. The van der Waals surface area contributed by atoms with Crippen LogP contribution in [0.2, 0.25) is 0 Å². The number of amides is 1. The van der Waals surface area contributed by atoms with Crippen molar-refractivity contribution in [2.24, 2.45) is 0 Å². The third-order valence-corrected chi connectivity index (χ3v) is 6.32. The first kappa shape index (κ1) is 23.5. The molecule has 3 aromatic carbocycles. The van der Waals surface area contributed by atoms with Gasteiger partial charge in [-0.1, -0.05) is 42.5 Å². The fraction of sp³-hybridized carbons (Fsp3) is 0.241. The van der Waals surface area contributed by atoms with E-state index in [-0.39, 0.29) is 11.3 Å². The number of ether oxygens (including phenoxy) is 3. The molecule has 5 rings (SSSR count). The molecule has 0 aliphatic carbocycles. The van der Waals surface area contributed by atoms with E-state index in [2.05, 4.69) is 0 Å².